The smallest absolute Gasteiger partial charge is 0.240 e. The van der Waals surface area contributed by atoms with E-state index in [4.69, 9.17) is 4.74 Å². The van der Waals surface area contributed by atoms with Crippen LogP contribution in [0.1, 0.15) is 44.7 Å². The van der Waals surface area contributed by atoms with Gasteiger partial charge in [-0.15, -0.1) is 0 Å². The SMILES string of the molecule is Cc1ccc(C(C)(C)C)cc1S(=O)(=O)NCC1CCCO1. The Balaban J connectivity index is 2.22. The molecule has 21 heavy (non-hydrogen) atoms. The molecule has 0 aliphatic carbocycles. The minimum Gasteiger partial charge on any atom is -0.377 e. The highest BCUT2D eigenvalue weighted by molar-refractivity contribution is 7.89. The molecule has 0 spiro atoms. The molecule has 1 aromatic carbocycles. The van der Waals surface area contributed by atoms with Gasteiger partial charge in [-0.1, -0.05) is 32.9 Å². The molecule has 118 valence electrons. The van der Waals surface area contributed by atoms with E-state index in [1.807, 2.05) is 19.1 Å². The molecule has 1 unspecified atom stereocenters. The molecule has 1 aliphatic rings. The Kier molecular flexibility index (Phi) is 4.76. The van der Waals surface area contributed by atoms with Gasteiger partial charge in [0.15, 0.2) is 0 Å². The Hall–Kier alpha value is -0.910. The van der Waals surface area contributed by atoms with Gasteiger partial charge in [0.1, 0.15) is 0 Å². The summed E-state index contributed by atoms with van der Waals surface area (Å²) < 4.78 is 33.2. The van der Waals surface area contributed by atoms with Gasteiger partial charge in [-0.25, -0.2) is 13.1 Å². The van der Waals surface area contributed by atoms with E-state index in [9.17, 15) is 8.42 Å². The lowest BCUT2D eigenvalue weighted by atomic mass is 9.87. The summed E-state index contributed by atoms with van der Waals surface area (Å²) in [6.07, 6.45) is 1.93. The summed E-state index contributed by atoms with van der Waals surface area (Å²) in [5.41, 5.74) is 1.71. The maximum absolute atomic E-state index is 12.5. The van der Waals surface area contributed by atoms with Crippen molar-refractivity contribution < 1.29 is 13.2 Å². The molecule has 5 heteroatoms. The van der Waals surface area contributed by atoms with Crippen molar-refractivity contribution >= 4 is 10.0 Å². The van der Waals surface area contributed by atoms with Crippen LogP contribution in [-0.4, -0.2) is 27.7 Å². The summed E-state index contributed by atoms with van der Waals surface area (Å²) >= 11 is 0. The molecule has 4 nitrogen and oxygen atoms in total. The predicted molar refractivity (Wildman–Crippen MR) is 84.0 cm³/mol. The van der Waals surface area contributed by atoms with Crippen molar-refractivity contribution in [3.63, 3.8) is 0 Å². The molecule has 0 bridgehead atoms. The van der Waals surface area contributed by atoms with E-state index in [0.29, 0.717) is 11.4 Å². The van der Waals surface area contributed by atoms with E-state index in [1.165, 1.54) is 0 Å². The Labute approximate surface area is 127 Å². The first-order chi connectivity index (χ1) is 9.70. The Morgan fingerprint density at radius 2 is 2.05 bits per heavy atom. The van der Waals surface area contributed by atoms with Crippen LogP contribution in [0.15, 0.2) is 23.1 Å². The number of rotatable bonds is 4. The maximum Gasteiger partial charge on any atom is 0.240 e. The summed E-state index contributed by atoms with van der Waals surface area (Å²) in [5, 5.41) is 0. The molecule has 0 radical (unpaired) electrons. The molecule has 2 rings (SSSR count). The van der Waals surface area contributed by atoms with Crippen LogP contribution in [0.3, 0.4) is 0 Å². The second-order valence-corrected chi connectivity index (χ2v) is 8.45. The van der Waals surface area contributed by atoms with Crippen molar-refractivity contribution in [3.8, 4) is 0 Å². The lowest BCUT2D eigenvalue weighted by molar-refractivity contribution is 0.114. The standard InChI is InChI=1S/C16H25NO3S/c1-12-7-8-13(16(2,3)4)10-15(12)21(18,19)17-11-14-6-5-9-20-14/h7-8,10,14,17H,5-6,9,11H2,1-4H3. The second kappa shape index (κ2) is 6.07. The quantitative estimate of drug-likeness (QED) is 0.930. The van der Waals surface area contributed by atoms with Crippen molar-refractivity contribution in [1.29, 1.82) is 0 Å². The normalized spacial score (nSPS) is 19.9. The van der Waals surface area contributed by atoms with Gasteiger partial charge < -0.3 is 4.74 Å². The number of sulfonamides is 1. The van der Waals surface area contributed by atoms with Crippen LogP contribution in [-0.2, 0) is 20.2 Å². The second-order valence-electron chi connectivity index (χ2n) is 6.72. The van der Waals surface area contributed by atoms with E-state index in [2.05, 4.69) is 25.5 Å². The first-order valence-corrected chi connectivity index (χ1v) is 8.91. The zero-order valence-corrected chi connectivity index (χ0v) is 14.1. The number of hydrogen-bond donors (Lipinski definition) is 1. The van der Waals surface area contributed by atoms with Crippen LogP contribution in [0.25, 0.3) is 0 Å². The Bertz CT molecular complexity index is 596. The summed E-state index contributed by atoms with van der Waals surface area (Å²) in [5.74, 6) is 0. The molecule has 0 aromatic heterocycles. The summed E-state index contributed by atoms with van der Waals surface area (Å²) in [6, 6.07) is 5.66. The molecule has 1 saturated heterocycles. The largest absolute Gasteiger partial charge is 0.377 e. The van der Waals surface area contributed by atoms with Crippen LogP contribution < -0.4 is 4.72 Å². The third-order valence-corrected chi connectivity index (χ3v) is 5.43. The Morgan fingerprint density at radius 1 is 1.33 bits per heavy atom. The van der Waals surface area contributed by atoms with Gasteiger partial charge in [-0.2, -0.15) is 0 Å². The van der Waals surface area contributed by atoms with Crippen LogP contribution in [0.5, 0.6) is 0 Å². The third kappa shape index (κ3) is 4.05. The molecule has 1 N–H and O–H groups in total. The summed E-state index contributed by atoms with van der Waals surface area (Å²) in [7, 11) is -3.49. The van der Waals surface area contributed by atoms with Crippen molar-refractivity contribution in [2.75, 3.05) is 13.2 Å². The Morgan fingerprint density at radius 3 is 2.62 bits per heavy atom. The topological polar surface area (TPSA) is 55.4 Å². The van der Waals surface area contributed by atoms with Gasteiger partial charge in [0.25, 0.3) is 0 Å². The molecule has 1 atom stereocenters. The van der Waals surface area contributed by atoms with Gasteiger partial charge in [0.2, 0.25) is 10.0 Å². The fraction of sp³-hybridized carbons (Fsp3) is 0.625. The third-order valence-electron chi connectivity index (χ3n) is 3.87. The first-order valence-electron chi connectivity index (χ1n) is 7.42. The van der Waals surface area contributed by atoms with E-state index >= 15 is 0 Å². The number of ether oxygens (including phenoxy) is 1. The van der Waals surface area contributed by atoms with Crippen molar-refractivity contribution in [1.82, 2.24) is 4.72 Å². The minimum absolute atomic E-state index is 0.00544. The molecular weight excluding hydrogens is 286 g/mol. The minimum atomic E-state index is -3.49. The average molecular weight is 311 g/mol. The highest BCUT2D eigenvalue weighted by Gasteiger charge is 2.23. The van der Waals surface area contributed by atoms with Crippen LogP contribution in [0.2, 0.25) is 0 Å². The van der Waals surface area contributed by atoms with E-state index in [1.54, 1.807) is 6.07 Å². The molecular formula is C16H25NO3S. The van der Waals surface area contributed by atoms with Gasteiger partial charge >= 0.3 is 0 Å². The first kappa shape index (κ1) is 16.5. The van der Waals surface area contributed by atoms with E-state index in [-0.39, 0.29) is 11.5 Å². The van der Waals surface area contributed by atoms with Crippen LogP contribution in [0, 0.1) is 6.92 Å². The predicted octanol–water partition coefficient (Wildman–Crippen LogP) is 2.75. The number of aryl methyl sites for hydroxylation is 1. The van der Waals surface area contributed by atoms with Crippen molar-refractivity contribution in [2.24, 2.45) is 0 Å². The molecule has 0 amide bonds. The van der Waals surface area contributed by atoms with Crippen molar-refractivity contribution in [3.05, 3.63) is 29.3 Å². The van der Waals surface area contributed by atoms with E-state index in [0.717, 1.165) is 30.6 Å². The lowest BCUT2D eigenvalue weighted by Gasteiger charge is -2.21. The fourth-order valence-corrected chi connectivity index (χ4v) is 3.78. The highest BCUT2D eigenvalue weighted by Crippen LogP contribution is 2.26. The average Bonchev–Trinajstić information content (AvgIpc) is 2.88. The summed E-state index contributed by atoms with van der Waals surface area (Å²) in [6.45, 7) is 9.13. The number of benzene rings is 1. The van der Waals surface area contributed by atoms with E-state index < -0.39 is 10.0 Å². The fourth-order valence-electron chi connectivity index (χ4n) is 2.44. The zero-order valence-electron chi connectivity index (χ0n) is 13.3. The summed E-state index contributed by atoms with van der Waals surface area (Å²) in [4.78, 5) is 0.368. The van der Waals surface area contributed by atoms with Gasteiger partial charge in [0.05, 0.1) is 11.0 Å². The molecule has 1 heterocycles. The van der Waals surface area contributed by atoms with Crippen molar-refractivity contribution in [2.45, 2.75) is 57.0 Å². The van der Waals surface area contributed by atoms with Gasteiger partial charge in [-0.05, 0) is 42.4 Å². The number of nitrogens with one attached hydrogen (secondary N) is 1. The van der Waals surface area contributed by atoms with Gasteiger partial charge in [0, 0.05) is 13.2 Å². The molecule has 1 fully saturated rings. The monoisotopic (exact) mass is 311 g/mol. The molecule has 1 aromatic rings. The number of hydrogen-bond acceptors (Lipinski definition) is 3. The molecule has 1 aliphatic heterocycles. The maximum atomic E-state index is 12.5. The van der Waals surface area contributed by atoms with Gasteiger partial charge in [-0.3, -0.25) is 0 Å². The zero-order chi connectivity index (χ0) is 15.7. The molecule has 0 saturated carbocycles. The highest BCUT2D eigenvalue weighted by atomic mass is 32.2. The van der Waals surface area contributed by atoms with Crippen LogP contribution in [0.4, 0.5) is 0 Å². The lowest BCUT2D eigenvalue weighted by Crippen LogP contribution is -2.32. The van der Waals surface area contributed by atoms with Crippen LogP contribution >= 0.6 is 0 Å².